The lowest BCUT2D eigenvalue weighted by atomic mass is 10.1. The summed E-state index contributed by atoms with van der Waals surface area (Å²) in [5.41, 5.74) is 3.94. The van der Waals surface area contributed by atoms with Crippen molar-refractivity contribution < 1.29 is 8.42 Å². The van der Waals surface area contributed by atoms with Crippen LogP contribution in [0, 0.1) is 6.92 Å². The highest BCUT2D eigenvalue weighted by Crippen LogP contribution is 2.32. The van der Waals surface area contributed by atoms with E-state index in [1.54, 1.807) is 18.2 Å². The summed E-state index contributed by atoms with van der Waals surface area (Å²) >= 11 is 0. The van der Waals surface area contributed by atoms with Gasteiger partial charge in [-0.15, -0.1) is 10.2 Å². The van der Waals surface area contributed by atoms with Gasteiger partial charge >= 0.3 is 0 Å². The number of aryl methyl sites for hydroxylation is 1. The average molecular weight is 312 g/mol. The van der Waals surface area contributed by atoms with E-state index in [9.17, 15) is 8.42 Å². The molecule has 0 saturated carbocycles. The van der Waals surface area contributed by atoms with Crippen LogP contribution in [0.4, 0.5) is 0 Å². The third-order valence-electron chi connectivity index (χ3n) is 3.75. The lowest BCUT2D eigenvalue weighted by Crippen LogP contribution is -1.94. The van der Waals surface area contributed by atoms with Crippen LogP contribution in [0.2, 0.25) is 0 Å². The van der Waals surface area contributed by atoms with Crippen LogP contribution in [0.3, 0.4) is 0 Å². The Hall–Kier alpha value is -2.67. The molecule has 4 rings (SSSR count). The van der Waals surface area contributed by atoms with E-state index < -0.39 is 10.7 Å². The smallest absolute Gasteiger partial charge is 0.168 e. The Labute approximate surface area is 127 Å². The number of pyridine rings is 1. The van der Waals surface area contributed by atoms with Gasteiger partial charge in [0.05, 0.1) is 15.9 Å². The molecular weight excluding hydrogens is 300 g/mol. The largest absolute Gasteiger partial charge is 0.359 e. The zero-order valence-corrected chi connectivity index (χ0v) is 12.5. The Morgan fingerprint density at radius 1 is 1.09 bits per heavy atom. The first-order chi connectivity index (χ1) is 10.7. The third kappa shape index (κ3) is 1.75. The van der Waals surface area contributed by atoms with Gasteiger partial charge in [0.15, 0.2) is 16.4 Å². The fraction of sp³-hybridized carbons (Fsp3) is 0.0667. The molecule has 0 aliphatic rings. The number of H-pyrrole nitrogens is 1. The molecule has 110 valence electrons. The molecule has 0 bridgehead atoms. The van der Waals surface area contributed by atoms with Gasteiger partial charge < -0.3 is 4.98 Å². The molecule has 0 amide bonds. The van der Waals surface area contributed by atoms with Crippen molar-refractivity contribution in [1.29, 1.82) is 0 Å². The number of fused-ring (bicyclic) bond motifs is 3. The Bertz CT molecular complexity index is 1080. The van der Waals surface area contributed by atoms with Crippen LogP contribution in [-0.2, 0) is 10.7 Å². The summed E-state index contributed by atoms with van der Waals surface area (Å²) in [6.07, 6.45) is 1.83. The van der Waals surface area contributed by atoms with Crippen molar-refractivity contribution in [3.63, 3.8) is 0 Å². The molecule has 0 radical (unpaired) electrons. The summed E-state index contributed by atoms with van der Waals surface area (Å²) < 4.78 is 25.0. The van der Waals surface area contributed by atoms with Crippen molar-refractivity contribution in [2.45, 2.75) is 11.8 Å². The second-order valence-electron chi connectivity index (χ2n) is 5.01. The number of benzene rings is 1. The standard InChI is InChI=1S/C15H12N4O2S/c1-9-17-18-14-8-11(15-12(19(9)14)6-7-16-15)10-4-2-3-5-13(10)22(20)21/h2-8,16,22H,1H3. The number of hydrogen-bond acceptors (Lipinski definition) is 4. The van der Waals surface area contributed by atoms with Crippen LogP contribution < -0.4 is 0 Å². The monoisotopic (exact) mass is 312 g/mol. The summed E-state index contributed by atoms with van der Waals surface area (Å²) in [6.45, 7) is 1.88. The summed E-state index contributed by atoms with van der Waals surface area (Å²) in [6, 6.07) is 10.7. The maximum atomic E-state index is 11.5. The van der Waals surface area contributed by atoms with E-state index in [0.717, 1.165) is 22.4 Å². The summed E-state index contributed by atoms with van der Waals surface area (Å²) in [5.74, 6) is 0.786. The molecule has 0 saturated heterocycles. The molecule has 0 atom stereocenters. The van der Waals surface area contributed by atoms with Crippen LogP contribution >= 0.6 is 0 Å². The number of aromatic nitrogens is 4. The molecule has 6 nitrogen and oxygen atoms in total. The lowest BCUT2D eigenvalue weighted by Gasteiger charge is -2.08. The second kappa shape index (κ2) is 4.67. The van der Waals surface area contributed by atoms with Crippen LogP contribution in [0.5, 0.6) is 0 Å². The minimum atomic E-state index is -2.68. The Balaban J connectivity index is 2.17. The van der Waals surface area contributed by atoms with Gasteiger partial charge in [0.2, 0.25) is 0 Å². The molecule has 4 aromatic rings. The van der Waals surface area contributed by atoms with Gasteiger partial charge in [-0.2, -0.15) is 0 Å². The van der Waals surface area contributed by atoms with E-state index in [0.29, 0.717) is 16.1 Å². The molecule has 1 aromatic carbocycles. The second-order valence-corrected chi connectivity index (χ2v) is 6.01. The molecule has 0 aliphatic carbocycles. The Morgan fingerprint density at radius 3 is 2.73 bits per heavy atom. The van der Waals surface area contributed by atoms with E-state index in [1.807, 2.05) is 35.7 Å². The predicted molar refractivity (Wildman–Crippen MR) is 83.6 cm³/mol. The van der Waals surface area contributed by atoms with Gasteiger partial charge in [0.1, 0.15) is 5.82 Å². The van der Waals surface area contributed by atoms with Crippen LogP contribution in [-0.4, -0.2) is 28.0 Å². The SMILES string of the molecule is Cc1nnc2cc(-c3ccccc3[SH](=O)=O)c3[nH]ccc3n12. The summed E-state index contributed by atoms with van der Waals surface area (Å²) in [7, 11) is -2.68. The molecule has 0 spiro atoms. The zero-order valence-electron chi connectivity index (χ0n) is 11.6. The lowest BCUT2D eigenvalue weighted by molar-refractivity contribution is 0.615. The first-order valence-corrected chi connectivity index (χ1v) is 7.90. The Morgan fingerprint density at radius 2 is 1.91 bits per heavy atom. The molecule has 7 heteroatoms. The van der Waals surface area contributed by atoms with E-state index >= 15 is 0 Å². The molecule has 0 aliphatic heterocycles. The van der Waals surface area contributed by atoms with Crippen molar-refractivity contribution in [3.05, 3.63) is 48.4 Å². The van der Waals surface area contributed by atoms with Crippen molar-refractivity contribution in [2.24, 2.45) is 0 Å². The van der Waals surface area contributed by atoms with Gasteiger partial charge in [-0.25, -0.2) is 8.42 Å². The minimum absolute atomic E-state index is 0.300. The summed E-state index contributed by atoms with van der Waals surface area (Å²) in [5, 5.41) is 8.25. The molecule has 1 N–H and O–H groups in total. The number of thiol groups is 1. The number of nitrogens with zero attached hydrogens (tertiary/aromatic N) is 3. The van der Waals surface area contributed by atoms with E-state index in [4.69, 9.17) is 0 Å². The molecule has 3 aromatic heterocycles. The van der Waals surface area contributed by atoms with Crippen molar-refractivity contribution in [3.8, 4) is 11.1 Å². The normalized spacial score (nSPS) is 11.7. The first-order valence-electron chi connectivity index (χ1n) is 6.72. The van der Waals surface area contributed by atoms with Gasteiger partial charge in [0.25, 0.3) is 0 Å². The highest BCUT2D eigenvalue weighted by atomic mass is 32.2. The quantitative estimate of drug-likeness (QED) is 0.556. The topological polar surface area (TPSA) is 80.1 Å². The van der Waals surface area contributed by atoms with Gasteiger partial charge in [-0.05, 0) is 25.1 Å². The predicted octanol–water partition coefficient (Wildman–Crippen LogP) is 2.16. The number of aromatic amines is 1. The molecule has 0 unspecified atom stereocenters. The van der Waals surface area contributed by atoms with Crippen molar-refractivity contribution in [1.82, 2.24) is 19.6 Å². The number of nitrogens with one attached hydrogen (secondary N) is 1. The highest BCUT2D eigenvalue weighted by Gasteiger charge is 2.15. The van der Waals surface area contributed by atoms with E-state index in [2.05, 4.69) is 15.2 Å². The van der Waals surface area contributed by atoms with Crippen LogP contribution in [0.25, 0.3) is 27.8 Å². The molecule has 0 fully saturated rings. The maximum Gasteiger partial charge on any atom is 0.168 e. The first kappa shape index (κ1) is 13.0. The van der Waals surface area contributed by atoms with E-state index in [1.165, 1.54) is 0 Å². The van der Waals surface area contributed by atoms with Gasteiger partial charge in [0, 0.05) is 17.3 Å². The molecule has 22 heavy (non-hydrogen) atoms. The van der Waals surface area contributed by atoms with Crippen LogP contribution in [0.1, 0.15) is 5.82 Å². The third-order valence-corrected chi connectivity index (χ3v) is 4.53. The van der Waals surface area contributed by atoms with Crippen molar-refractivity contribution in [2.75, 3.05) is 0 Å². The number of hydrogen-bond donors (Lipinski definition) is 2. The van der Waals surface area contributed by atoms with E-state index in [-0.39, 0.29) is 0 Å². The molecular formula is C15H12N4O2S. The fourth-order valence-corrected chi connectivity index (χ4v) is 3.41. The van der Waals surface area contributed by atoms with Gasteiger partial charge in [-0.3, -0.25) is 4.40 Å². The zero-order chi connectivity index (χ0) is 15.3. The van der Waals surface area contributed by atoms with Crippen molar-refractivity contribution >= 4 is 27.4 Å². The minimum Gasteiger partial charge on any atom is -0.359 e. The van der Waals surface area contributed by atoms with Gasteiger partial charge in [-0.1, -0.05) is 18.2 Å². The number of rotatable bonds is 2. The highest BCUT2D eigenvalue weighted by molar-refractivity contribution is 7.72. The summed E-state index contributed by atoms with van der Waals surface area (Å²) in [4.78, 5) is 3.49. The maximum absolute atomic E-state index is 11.5. The molecule has 3 heterocycles. The Kier molecular flexibility index (Phi) is 2.77. The average Bonchev–Trinajstić information content (AvgIpc) is 3.13. The fourth-order valence-electron chi connectivity index (χ4n) is 2.81. The van der Waals surface area contributed by atoms with Crippen LogP contribution in [0.15, 0.2) is 47.5 Å².